The van der Waals surface area contributed by atoms with E-state index in [4.69, 9.17) is 4.74 Å². The van der Waals surface area contributed by atoms with Gasteiger partial charge in [-0.05, 0) is 38.0 Å². The topological polar surface area (TPSA) is 72.1 Å². The van der Waals surface area contributed by atoms with E-state index in [1.165, 1.54) is 0 Å². The van der Waals surface area contributed by atoms with Gasteiger partial charge < -0.3 is 9.72 Å². The third-order valence-corrected chi connectivity index (χ3v) is 5.74. The number of hydrogen-bond acceptors (Lipinski definition) is 5. The lowest BCUT2D eigenvalue weighted by Crippen LogP contribution is -2.14. The Morgan fingerprint density at radius 1 is 1.11 bits per heavy atom. The number of aryl methyl sites for hydroxylation is 2. The van der Waals surface area contributed by atoms with E-state index in [0.29, 0.717) is 12.0 Å². The summed E-state index contributed by atoms with van der Waals surface area (Å²) in [5, 5.41) is 1.87. The molecule has 0 fully saturated rings. The maximum atomic E-state index is 12.5. The number of esters is 1. The highest BCUT2D eigenvalue weighted by Gasteiger charge is 2.17. The Morgan fingerprint density at radius 3 is 2.75 bits per heavy atom. The number of benzene rings is 2. The summed E-state index contributed by atoms with van der Waals surface area (Å²) in [6, 6.07) is 15.6. The molecule has 2 aromatic heterocycles. The SMILES string of the molecule is Cc1[nH]c2ccccc2c1C(=O)COC(=O)CCCc1nc2ccccc2s1. The molecule has 6 heteroatoms. The quantitative estimate of drug-likeness (QED) is 0.361. The van der Waals surface area contributed by atoms with E-state index in [-0.39, 0.29) is 24.8 Å². The van der Waals surface area contributed by atoms with Crippen LogP contribution in [-0.4, -0.2) is 28.3 Å². The molecule has 28 heavy (non-hydrogen) atoms. The fourth-order valence-electron chi connectivity index (χ4n) is 3.34. The number of hydrogen-bond donors (Lipinski definition) is 1. The second kappa shape index (κ2) is 7.94. The van der Waals surface area contributed by atoms with E-state index in [9.17, 15) is 9.59 Å². The van der Waals surface area contributed by atoms with Crippen molar-refractivity contribution in [3.05, 3.63) is 64.8 Å². The summed E-state index contributed by atoms with van der Waals surface area (Å²) in [6.07, 6.45) is 1.65. The number of ether oxygens (including phenoxy) is 1. The first-order chi connectivity index (χ1) is 13.6. The van der Waals surface area contributed by atoms with E-state index >= 15 is 0 Å². The van der Waals surface area contributed by atoms with Gasteiger partial charge in [0.15, 0.2) is 6.61 Å². The molecule has 0 amide bonds. The molecule has 0 unspecified atom stereocenters. The van der Waals surface area contributed by atoms with E-state index in [0.717, 1.165) is 38.2 Å². The average molecular weight is 392 g/mol. The van der Waals surface area contributed by atoms with Gasteiger partial charge in [-0.1, -0.05) is 30.3 Å². The Hall–Kier alpha value is -2.99. The van der Waals surface area contributed by atoms with Crippen molar-refractivity contribution in [2.24, 2.45) is 0 Å². The molecule has 0 bridgehead atoms. The van der Waals surface area contributed by atoms with Crippen molar-refractivity contribution in [1.29, 1.82) is 0 Å². The molecule has 0 saturated carbocycles. The van der Waals surface area contributed by atoms with Gasteiger partial charge in [-0.15, -0.1) is 11.3 Å². The predicted octanol–water partition coefficient (Wildman–Crippen LogP) is 4.83. The molecule has 1 N–H and O–H groups in total. The Kier molecular flexibility index (Phi) is 5.21. The number of nitrogens with one attached hydrogen (secondary N) is 1. The Labute approximate surface area is 166 Å². The van der Waals surface area contributed by atoms with Gasteiger partial charge in [0.2, 0.25) is 5.78 Å². The van der Waals surface area contributed by atoms with Crippen LogP contribution in [0.4, 0.5) is 0 Å². The minimum absolute atomic E-state index is 0.186. The fourth-order valence-corrected chi connectivity index (χ4v) is 4.35. The minimum Gasteiger partial charge on any atom is -0.457 e. The fraction of sp³-hybridized carbons (Fsp3) is 0.227. The zero-order chi connectivity index (χ0) is 19.5. The van der Waals surface area contributed by atoms with Crippen LogP contribution in [0, 0.1) is 6.92 Å². The summed E-state index contributed by atoms with van der Waals surface area (Å²) in [5.74, 6) is -0.540. The second-order valence-electron chi connectivity index (χ2n) is 6.68. The molecule has 0 aliphatic carbocycles. The normalized spacial score (nSPS) is 11.2. The molecule has 0 spiro atoms. The highest BCUT2D eigenvalue weighted by molar-refractivity contribution is 7.18. The molecular formula is C22H20N2O3S. The van der Waals surface area contributed by atoms with Crippen molar-refractivity contribution in [1.82, 2.24) is 9.97 Å². The molecule has 5 nitrogen and oxygen atoms in total. The molecule has 0 radical (unpaired) electrons. The lowest BCUT2D eigenvalue weighted by molar-refractivity contribution is -0.142. The summed E-state index contributed by atoms with van der Waals surface area (Å²) < 4.78 is 6.36. The average Bonchev–Trinajstić information content (AvgIpc) is 3.25. The van der Waals surface area contributed by atoms with Crippen LogP contribution in [0.15, 0.2) is 48.5 Å². The molecule has 0 atom stereocenters. The van der Waals surface area contributed by atoms with Gasteiger partial charge in [-0.25, -0.2) is 4.98 Å². The molecule has 0 aliphatic heterocycles. The standard InChI is InChI=1S/C22H20N2O3S/c1-14-22(15-7-2-3-8-16(15)23-14)18(25)13-27-21(26)12-6-11-20-24-17-9-4-5-10-19(17)28-20/h2-5,7-10,23H,6,11-13H2,1H3. The number of carbonyl (C=O) groups excluding carboxylic acids is 2. The summed E-state index contributed by atoms with van der Waals surface area (Å²) in [6.45, 7) is 1.62. The molecule has 4 aromatic rings. The van der Waals surface area contributed by atoms with Crippen LogP contribution >= 0.6 is 11.3 Å². The molecule has 0 aliphatic rings. The summed E-state index contributed by atoms with van der Waals surface area (Å²) in [5.41, 5.74) is 3.28. The van der Waals surface area contributed by atoms with Gasteiger partial charge in [-0.3, -0.25) is 9.59 Å². The molecule has 4 rings (SSSR count). The molecule has 2 heterocycles. The maximum Gasteiger partial charge on any atom is 0.306 e. The summed E-state index contributed by atoms with van der Waals surface area (Å²) in [4.78, 5) is 32.3. The van der Waals surface area contributed by atoms with Crippen molar-refractivity contribution < 1.29 is 14.3 Å². The molecule has 2 aromatic carbocycles. The first-order valence-electron chi connectivity index (χ1n) is 9.22. The zero-order valence-corrected chi connectivity index (χ0v) is 16.3. The zero-order valence-electron chi connectivity index (χ0n) is 15.5. The number of thiazole rings is 1. The van der Waals surface area contributed by atoms with Crippen molar-refractivity contribution in [2.45, 2.75) is 26.2 Å². The number of para-hydroxylation sites is 2. The van der Waals surface area contributed by atoms with Crippen LogP contribution in [0.3, 0.4) is 0 Å². The number of carbonyl (C=O) groups is 2. The lowest BCUT2D eigenvalue weighted by atomic mass is 10.1. The van der Waals surface area contributed by atoms with E-state index in [1.807, 2.05) is 55.5 Å². The van der Waals surface area contributed by atoms with Gasteiger partial charge in [0.25, 0.3) is 0 Å². The maximum absolute atomic E-state index is 12.5. The number of aromatic nitrogens is 2. The van der Waals surface area contributed by atoms with Gasteiger partial charge in [-0.2, -0.15) is 0 Å². The number of H-pyrrole nitrogens is 1. The number of nitrogens with zero attached hydrogens (tertiary/aromatic N) is 1. The monoisotopic (exact) mass is 392 g/mol. The van der Waals surface area contributed by atoms with Gasteiger partial charge in [0, 0.05) is 28.6 Å². The third-order valence-electron chi connectivity index (χ3n) is 4.65. The Balaban J connectivity index is 1.29. The minimum atomic E-state index is -0.355. The highest BCUT2D eigenvalue weighted by atomic mass is 32.1. The van der Waals surface area contributed by atoms with Crippen molar-refractivity contribution in [3.63, 3.8) is 0 Å². The van der Waals surface area contributed by atoms with Crippen LogP contribution in [-0.2, 0) is 16.0 Å². The van der Waals surface area contributed by atoms with Crippen molar-refractivity contribution >= 4 is 44.2 Å². The third kappa shape index (κ3) is 3.82. The Morgan fingerprint density at radius 2 is 1.89 bits per heavy atom. The smallest absolute Gasteiger partial charge is 0.306 e. The summed E-state index contributed by atoms with van der Waals surface area (Å²) >= 11 is 1.65. The van der Waals surface area contributed by atoms with Gasteiger partial charge in [0.05, 0.1) is 15.2 Å². The number of aromatic amines is 1. The van der Waals surface area contributed by atoms with Crippen LogP contribution in [0.5, 0.6) is 0 Å². The summed E-state index contributed by atoms with van der Waals surface area (Å²) in [7, 11) is 0. The largest absolute Gasteiger partial charge is 0.457 e. The first-order valence-corrected chi connectivity index (χ1v) is 10.0. The Bertz CT molecular complexity index is 1130. The van der Waals surface area contributed by atoms with Crippen molar-refractivity contribution in [2.75, 3.05) is 6.61 Å². The predicted molar refractivity (Wildman–Crippen MR) is 111 cm³/mol. The van der Waals surface area contributed by atoms with Gasteiger partial charge >= 0.3 is 5.97 Å². The number of fused-ring (bicyclic) bond motifs is 2. The number of Topliss-reactive ketones (excluding diaryl/α,β-unsaturated/α-hetero) is 1. The van der Waals surface area contributed by atoms with Crippen molar-refractivity contribution in [3.8, 4) is 0 Å². The highest BCUT2D eigenvalue weighted by Crippen LogP contribution is 2.23. The van der Waals surface area contributed by atoms with Crippen LogP contribution in [0.1, 0.15) is 33.9 Å². The van der Waals surface area contributed by atoms with Crippen LogP contribution < -0.4 is 0 Å². The number of rotatable bonds is 7. The molecule has 142 valence electrons. The second-order valence-corrected chi connectivity index (χ2v) is 7.80. The molecule has 0 saturated heterocycles. The van der Waals surface area contributed by atoms with Crippen LogP contribution in [0.2, 0.25) is 0 Å². The van der Waals surface area contributed by atoms with Gasteiger partial charge in [0.1, 0.15) is 0 Å². The van der Waals surface area contributed by atoms with Crippen LogP contribution in [0.25, 0.3) is 21.1 Å². The van der Waals surface area contributed by atoms with E-state index in [1.54, 1.807) is 11.3 Å². The van der Waals surface area contributed by atoms with E-state index < -0.39 is 0 Å². The first kappa shape index (κ1) is 18.4. The van der Waals surface area contributed by atoms with E-state index in [2.05, 4.69) is 9.97 Å². The number of ketones is 1. The lowest BCUT2D eigenvalue weighted by Gasteiger charge is -2.04. The molecular weight excluding hydrogens is 372 g/mol.